The van der Waals surface area contributed by atoms with E-state index in [1.807, 2.05) is 42.1 Å². The molecule has 1 aliphatic heterocycles. The fourth-order valence-electron chi connectivity index (χ4n) is 3.82. The van der Waals surface area contributed by atoms with E-state index < -0.39 is 17.7 Å². The molecule has 2 heterocycles. The molecule has 0 radical (unpaired) electrons. The number of anilines is 1. The summed E-state index contributed by atoms with van der Waals surface area (Å²) in [6, 6.07) is 11.6. The zero-order valence-electron chi connectivity index (χ0n) is 16.3. The summed E-state index contributed by atoms with van der Waals surface area (Å²) in [6.07, 6.45) is 2.68. The van der Waals surface area contributed by atoms with Crippen LogP contribution >= 0.6 is 0 Å². The van der Waals surface area contributed by atoms with Crippen molar-refractivity contribution in [3.05, 3.63) is 83.4 Å². The van der Waals surface area contributed by atoms with Crippen molar-refractivity contribution in [2.45, 2.75) is 12.6 Å². The van der Waals surface area contributed by atoms with Gasteiger partial charge in [0.05, 0.1) is 0 Å². The molecule has 0 bridgehead atoms. The highest BCUT2D eigenvalue weighted by molar-refractivity contribution is 5.56. The second kappa shape index (κ2) is 8.31. The predicted molar refractivity (Wildman–Crippen MR) is 108 cm³/mol. The van der Waals surface area contributed by atoms with Crippen LogP contribution in [0.3, 0.4) is 0 Å². The average Bonchev–Trinajstić information content (AvgIpc) is 3.16. The SMILES string of the molecule is Cn1ccnc1C(O)c1ccccc1N1CCN(Cc2ccc(F)cc2F)CC1. The van der Waals surface area contributed by atoms with Gasteiger partial charge in [0.15, 0.2) is 0 Å². The number of aryl methyl sites for hydroxylation is 1. The van der Waals surface area contributed by atoms with Gasteiger partial charge in [0.25, 0.3) is 0 Å². The van der Waals surface area contributed by atoms with Crippen LogP contribution in [0.25, 0.3) is 0 Å². The Balaban J connectivity index is 1.46. The lowest BCUT2D eigenvalue weighted by Gasteiger charge is -2.37. The first-order chi connectivity index (χ1) is 14.0. The normalized spacial score (nSPS) is 16.2. The highest BCUT2D eigenvalue weighted by Gasteiger charge is 2.24. The molecular formula is C22H24F2N4O. The molecule has 3 aromatic rings. The van der Waals surface area contributed by atoms with Crippen molar-refractivity contribution >= 4 is 5.69 Å². The van der Waals surface area contributed by atoms with E-state index in [0.717, 1.165) is 43.5 Å². The number of para-hydroxylation sites is 1. The standard InChI is InChI=1S/C22H24F2N4O/c1-26-9-8-25-22(26)21(29)18-4-2-3-5-20(18)28-12-10-27(11-13-28)15-16-6-7-17(23)14-19(16)24/h2-9,14,21,29H,10-13,15H2,1H3. The van der Waals surface area contributed by atoms with Gasteiger partial charge in [-0.05, 0) is 12.1 Å². The van der Waals surface area contributed by atoms with E-state index in [4.69, 9.17) is 0 Å². The van der Waals surface area contributed by atoms with Gasteiger partial charge in [-0.15, -0.1) is 0 Å². The maximum Gasteiger partial charge on any atom is 0.142 e. The second-order valence-corrected chi connectivity index (χ2v) is 7.36. The summed E-state index contributed by atoms with van der Waals surface area (Å²) in [6.45, 7) is 3.48. The van der Waals surface area contributed by atoms with Crippen molar-refractivity contribution in [1.82, 2.24) is 14.5 Å². The summed E-state index contributed by atoms with van der Waals surface area (Å²) in [5, 5.41) is 10.9. The maximum atomic E-state index is 13.9. The Labute approximate surface area is 168 Å². The minimum atomic E-state index is -0.808. The molecule has 0 amide bonds. The zero-order valence-corrected chi connectivity index (χ0v) is 16.3. The van der Waals surface area contributed by atoms with E-state index in [1.165, 1.54) is 12.1 Å². The average molecular weight is 398 g/mol. The molecule has 1 aromatic heterocycles. The van der Waals surface area contributed by atoms with E-state index in [9.17, 15) is 13.9 Å². The quantitative estimate of drug-likeness (QED) is 0.717. The number of aliphatic hydroxyl groups is 1. The number of imidazole rings is 1. The van der Waals surface area contributed by atoms with Gasteiger partial charge in [-0.2, -0.15) is 0 Å². The van der Waals surface area contributed by atoms with Crippen molar-refractivity contribution in [3.8, 4) is 0 Å². The molecule has 1 N–H and O–H groups in total. The third-order valence-electron chi connectivity index (χ3n) is 5.46. The fourth-order valence-corrected chi connectivity index (χ4v) is 3.82. The van der Waals surface area contributed by atoms with Crippen LogP contribution in [0, 0.1) is 11.6 Å². The molecular weight excluding hydrogens is 374 g/mol. The number of halogens is 2. The molecule has 5 nitrogen and oxygen atoms in total. The molecule has 4 rings (SSSR count). The number of hydrogen-bond acceptors (Lipinski definition) is 4. The van der Waals surface area contributed by atoms with Gasteiger partial charge in [0.2, 0.25) is 0 Å². The summed E-state index contributed by atoms with van der Waals surface area (Å²) < 4.78 is 28.9. The number of aliphatic hydroxyl groups excluding tert-OH is 1. The van der Waals surface area contributed by atoms with E-state index in [0.29, 0.717) is 17.9 Å². The first-order valence-corrected chi connectivity index (χ1v) is 9.68. The molecule has 0 saturated carbocycles. The summed E-state index contributed by atoms with van der Waals surface area (Å²) in [4.78, 5) is 8.67. The lowest BCUT2D eigenvalue weighted by Crippen LogP contribution is -2.46. The van der Waals surface area contributed by atoms with Crippen LogP contribution in [0.2, 0.25) is 0 Å². The molecule has 2 aromatic carbocycles. The Kier molecular flexibility index (Phi) is 5.60. The second-order valence-electron chi connectivity index (χ2n) is 7.36. The Bertz CT molecular complexity index is 982. The predicted octanol–water partition coefficient (Wildman–Crippen LogP) is 3.10. The smallest absolute Gasteiger partial charge is 0.142 e. The molecule has 1 saturated heterocycles. The van der Waals surface area contributed by atoms with Gasteiger partial charge < -0.3 is 14.6 Å². The fraction of sp³-hybridized carbons (Fsp3) is 0.318. The number of hydrogen-bond donors (Lipinski definition) is 1. The topological polar surface area (TPSA) is 44.5 Å². The lowest BCUT2D eigenvalue weighted by molar-refractivity contribution is 0.205. The van der Waals surface area contributed by atoms with Crippen LogP contribution in [-0.2, 0) is 13.6 Å². The van der Waals surface area contributed by atoms with Gasteiger partial charge in [0.1, 0.15) is 23.6 Å². The number of aromatic nitrogens is 2. The van der Waals surface area contributed by atoms with Crippen molar-refractivity contribution < 1.29 is 13.9 Å². The first kappa shape index (κ1) is 19.5. The van der Waals surface area contributed by atoms with Gasteiger partial charge in [0, 0.05) is 75.0 Å². The zero-order chi connectivity index (χ0) is 20.4. The largest absolute Gasteiger partial charge is 0.380 e. The molecule has 152 valence electrons. The minimum Gasteiger partial charge on any atom is -0.380 e. The molecule has 1 aliphatic rings. The monoisotopic (exact) mass is 398 g/mol. The Hall–Kier alpha value is -2.77. The van der Waals surface area contributed by atoms with Crippen molar-refractivity contribution in [2.75, 3.05) is 31.1 Å². The maximum absolute atomic E-state index is 13.9. The Morgan fingerprint density at radius 3 is 2.52 bits per heavy atom. The summed E-state index contributed by atoms with van der Waals surface area (Å²) in [5.74, 6) is -0.460. The highest BCUT2D eigenvalue weighted by Crippen LogP contribution is 2.30. The summed E-state index contributed by atoms with van der Waals surface area (Å²) >= 11 is 0. The third kappa shape index (κ3) is 4.16. The Morgan fingerprint density at radius 2 is 1.83 bits per heavy atom. The molecule has 1 fully saturated rings. The number of nitrogens with zero attached hydrogens (tertiary/aromatic N) is 4. The summed E-state index contributed by atoms with van der Waals surface area (Å²) in [5.41, 5.74) is 2.31. The van der Waals surface area contributed by atoms with Crippen LogP contribution in [-0.4, -0.2) is 45.7 Å². The number of rotatable bonds is 5. The minimum absolute atomic E-state index is 0.456. The molecule has 1 atom stereocenters. The Morgan fingerprint density at radius 1 is 1.07 bits per heavy atom. The third-order valence-corrected chi connectivity index (χ3v) is 5.46. The van der Waals surface area contributed by atoms with Crippen LogP contribution in [0.4, 0.5) is 14.5 Å². The molecule has 0 spiro atoms. The van der Waals surface area contributed by atoms with E-state index in [-0.39, 0.29) is 0 Å². The van der Waals surface area contributed by atoms with E-state index in [2.05, 4.69) is 14.8 Å². The molecule has 1 unspecified atom stereocenters. The van der Waals surface area contributed by atoms with Crippen molar-refractivity contribution in [2.24, 2.45) is 7.05 Å². The molecule has 0 aliphatic carbocycles. The number of benzene rings is 2. The van der Waals surface area contributed by atoms with Crippen LogP contribution < -0.4 is 4.90 Å². The van der Waals surface area contributed by atoms with Gasteiger partial charge in [-0.25, -0.2) is 13.8 Å². The van der Waals surface area contributed by atoms with E-state index >= 15 is 0 Å². The summed E-state index contributed by atoms with van der Waals surface area (Å²) in [7, 11) is 1.86. The highest BCUT2D eigenvalue weighted by atomic mass is 19.1. The van der Waals surface area contributed by atoms with Crippen LogP contribution in [0.1, 0.15) is 23.1 Å². The van der Waals surface area contributed by atoms with E-state index in [1.54, 1.807) is 6.20 Å². The van der Waals surface area contributed by atoms with Gasteiger partial charge in [-0.1, -0.05) is 24.3 Å². The van der Waals surface area contributed by atoms with Gasteiger partial charge in [-0.3, -0.25) is 4.90 Å². The lowest BCUT2D eigenvalue weighted by atomic mass is 10.0. The molecule has 7 heteroatoms. The van der Waals surface area contributed by atoms with Crippen molar-refractivity contribution in [1.29, 1.82) is 0 Å². The van der Waals surface area contributed by atoms with Crippen molar-refractivity contribution in [3.63, 3.8) is 0 Å². The van der Waals surface area contributed by atoms with Crippen LogP contribution in [0.15, 0.2) is 54.9 Å². The number of piperazine rings is 1. The first-order valence-electron chi connectivity index (χ1n) is 9.68. The van der Waals surface area contributed by atoms with Crippen LogP contribution in [0.5, 0.6) is 0 Å². The van der Waals surface area contributed by atoms with Gasteiger partial charge >= 0.3 is 0 Å². The molecule has 29 heavy (non-hydrogen) atoms.